The van der Waals surface area contributed by atoms with E-state index in [1.807, 2.05) is 0 Å². The smallest absolute Gasteiger partial charge is 0.352 e. The van der Waals surface area contributed by atoms with Crippen LogP contribution in [0.4, 0.5) is 5.13 Å². The highest BCUT2D eigenvalue weighted by molar-refractivity contribution is 8.01. The van der Waals surface area contributed by atoms with Gasteiger partial charge in [-0.2, -0.15) is 9.36 Å². The van der Waals surface area contributed by atoms with Gasteiger partial charge in [0.1, 0.15) is 29.2 Å². The molecule has 2 atom stereocenters. The lowest BCUT2D eigenvalue weighted by Crippen LogP contribution is -2.71. The van der Waals surface area contributed by atoms with Crippen LogP contribution in [0, 0.1) is 0 Å². The van der Waals surface area contributed by atoms with Crippen LogP contribution in [-0.2, 0) is 25.8 Å². The Kier molecular flexibility index (Phi) is 7.31. The zero-order valence-electron chi connectivity index (χ0n) is 17.2. The van der Waals surface area contributed by atoms with Gasteiger partial charge < -0.3 is 26.1 Å². The summed E-state index contributed by atoms with van der Waals surface area (Å²) in [5, 5.41) is 32.8. The van der Waals surface area contributed by atoms with Crippen LogP contribution >= 0.6 is 46.4 Å². The largest absolute Gasteiger partial charge is 0.477 e. The fraction of sp³-hybridized carbons (Fsp3) is 0.375. The van der Waals surface area contributed by atoms with Crippen molar-refractivity contribution in [3.8, 4) is 0 Å². The van der Waals surface area contributed by atoms with E-state index >= 15 is 0 Å². The molecule has 0 saturated carbocycles. The number of carbonyl (C=O) groups excluding carboxylic acids is 2. The van der Waals surface area contributed by atoms with Crippen LogP contribution in [0.25, 0.3) is 0 Å². The van der Waals surface area contributed by atoms with Gasteiger partial charge in [-0.3, -0.25) is 14.5 Å². The summed E-state index contributed by atoms with van der Waals surface area (Å²) in [6.07, 6.45) is 0. The molecule has 2 amide bonds. The van der Waals surface area contributed by atoms with E-state index in [1.54, 1.807) is 0 Å². The standard InChI is InChI=1S/C16H16N8O6S4/c1-30-22-7(10-19-15(17)34-23-10)11(26)18-8-12(27)24-9(14(28)29)5(3-31-13(8)24)4-32-16-21-20-6(2-25)33-16/h8,13,25H,2-4H2,1H3,(H,18,26)(H,28,29)(H2,17,19,23)/t8?,13-/m1/s1. The normalized spacial score (nSPS) is 20.1. The summed E-state index contributed by atoms with van der Waals surface area (Å²) < 4.78 is 4.51. The van der Waals surface area contributed by atoms with Crippen molar-refractivity contribution in [3.63, 3.8) is 0 Å². The third-order valence-electron chi connectivity index (χ3n) is 4.54. The summed E-state index contributed by atoms with van der Waals surface area (Å²) in [7, 11) is 1.24. The van der Waals surface area contributed by atoms with Gasteiger partial charge in [0.2, 0.25) is 11.5 Å². The molecule has 4 heterocycles. The van der Waals surface area contributed by atoms with Gasteiger partial charge in [0, 0.05) is 23.0 Å². The number of aliphatic hydroxyl groups is 1. The van der Waals surface area contributed by atoms with Crippen LogP contribution in [0.3, 0.4) is 0 Å². The van der Waals surface area contributed by atoms with Gasteiger partial charge in [-0.05, 0) is 5.57 Å². The van der Waals surface area contributed by atoms with Gasteiger partial charge in [-0.25, -0.2) is 4.79 Å². The molecule has 1 saturated heterocycles. The quantitative estimate of drug-likeness (QED) is 0.134. The maximum atomic E-state index is 12.9. The number of nitrogens with zero attached hydrogens (tertiary/aromatic N) is 6. The van der Waals surface area contributed by atoms with E-state index in [0.29, 0.717) is 20.7 Å². The number of nitrogens with one attached hydrogen (secondary N) is 1. The summed E-state index contributed by atoms with van der Waals surface area (Å²) in [6.45, 7) is -0.225. The molecule has 180 valence electrons. The predicted molar refractivity (Wildman–Crippen MR) is 124 cm³/mol. The maximum Gasteiger partial charge on any atom is 0.352 e. The average Bonchev–Trinajstić information content (AvgIpc) is 3.47. The first-order valence-electron chi connectivity index (χ1n) is 9.31. The number of carbonyl (C=O) groups is 3. The van der Waals surface area contributed by atoms with Crippen molar-refractivity contribution in [2.75, 3.05) is 24.3 Å². The molecule has 0 aromatic carbocycles. The molecule has 18 heteroatoms. The van der Waals surface area contributed by atoms with Gasteiger partial charge in [-0.1, -0.05) is 28.3 Å². The second-order valence-corrected chi connectivity index (χ2v) is 10.8. The van der Waals surface area contributed by atoms with Gasteiger partial charge in [0.15, 0.2) is 9.47 Å². The predicted octanol–water partition coefficient (Wildman–Crippen LogP) is -0.654. The second kappa shape index (κ2) is 10.2. The van der Waals surface area contributed by atoms with E-state index in [9.17, 15) is 19.5 Å². The summed E-state index contributed by atoms with van der Waals surface area (Å²) in [6, 6.07) is -0.964. The lowest BCUT2D eigenvalue weighted by atomic mass is 10.0. The van der Waals surface area contributed by atoms with Crippen molar-refractivity contribution < 1.29 is 29.4 Å². The maximum absolute atomic E-state index is 12.9. The first-order valence-corrected chi connectivity index (χ1v) is 12.9. The molecule has 0 bridgehead atoms. The number of anilines is 1. The van der Waals surface area contributed by atoms with Gasteiger partial charge in [0.05, 0.1) is 6.61 Å². The Morgan fingerprint density at radius 1 is 1.41 bits per heavy atom. The van der Waals surface area contributed by atoms with Crippen LogP contribution in [0.15, 0.2) is 20.8 Å². The van der Waals surface area contributed by atoms with E-state index < -0.39 is 29.2 Å². The first-order chi connectivity index (χ1) is 16.3. The number of aliphatic hydroxyl groups excluding tert-OH is 1. The Hall–Kier alpha value is -2.80. The number of rotatable bonds is 9. The van der Waals surface area contributed by atoms with Crippen molar-refractivity contribution in [1.29, 1.82) is 0 Å². The molecule has 2 aromatic rings. The summed E-state index contributed by atoms with van der Waals surface area (Å²) in [5.41, 5.74) is 5.73. The molecule has 2 aliphatic rings. The SMILES string of the molecule is CON=C(C(=O)NC1C(=O)N2C(C(=O)O)=C(CSc3nnc(CO)s3)CS[C@H]12)c1nsc(N)n1. The number of carboxylic acid groups (broad SMARTS) is 1. The van der Waals surface area contributed by atoms with E-state index in [-0.39, 0.29) is 34.7 Å². The number of hydrogen-bond donors (Lipinski definition) is 4. The number of nitrogens with two attached hydrogens (primary N) is 1. The Labute approximate surface area is 207 Å². The second-order valence-electron chi connectivity index (χ2n) is 6.61. The Bertz CT molecular complexity index is 1200. The van der Waals surface area contributed by atoms with Crippen molar-refractivity contribution in [2.24, 2.45) is 5.16 Å². The van der Waals surface area contributed by atoms with E-state index in [4.69, 9.17) is 15.7 Å². The van der Waals surface area contributed by atoms with Crippen LogP contribution in [0.1, 0.15) is 10.8 Å². The number of oxime groups is 1. The van der Waals surface area contributed by atoms with Crippen LogP contribution < -0.4 is 11.1 Å². The molecular weight excluding hydrogens is 528 g/mol. The van der Waals surface area contributed by atoms with Crippen molar-refractivity contribution >= 4 is 75.0 Å². The number of hydrogen-bond acceptors (Lipinski definition) is 15. The third-order valence-corrected chi connectivity index (χ3v) is 8.55. The highest BCUT2D eigenvalue weighted by Gasteiger charge is 2.54. The van der Waals surface area contributed by atoms with E-state index in [1.165, 1.54) is 46.9 Å². The minimum atomic E-state index is -1.24. The van der Waals surface area contributed by atoms with Crippen LogP contribution in [0.2, 0.25) is 0 Å². The van der Waals surface area contributed by atoms with Gasteiger partial charge in [0.25, 0.3) is 11.8 Å². The molecule has 14 nitrogen and oxygen atoms in total. The molecule has 1 unspecified atom stereocenters. The summed E-state index contributed by atoms with van der Waals surface area (Å²) >= 11 is 4.68. The highest BCUT2D eigenvalue weighted by atomic mass is 32.2. The minimum Gasteiger partial charge on any atom is -0.477 e. The first kappa shape index (κ1) is 24.3. The molecule has 0 radical (unpaired) electrons. The zero-order valence-corrected chi connectivity index (χ0v) is 20.5. The summed E-state index contributed by atoms with van der Waals surface area (Å²) in [5.74, 6) is -1.99. The topological polar surface area (TPSA) is 206 Å². The molecule has 2 aromatic heterocycles. The van der Waals surface area contributed by atoms with Crippen molar-refractivity contribution in [3.05, 3.63) is 22.1 Å². The molecular formula is C16H16N8O6S4. The number of amides is 2. The number of thioether (sulfide) groups is 2. The molecule has 5 N–H and O–H groups in total. The summed E-state index contributed by atoms with van der Waals surface area (Å²) in [4.78, 5) is 47.4. The average molecular weight is 545 g/mol. The molecule has 2 aliphatic heterocycles. The fourth-order valence-corrected chi connectivity index (χ4v) is 6.80. The highest BCUT2D eigenvalue weighted by Crippen LogP contribution is 2.41. The molecule has 0 spiro atoms. The van der Waals surface area contributed by atoms with E-state index in [2.05, 4.69) is 30.0 Å². The number of aromatic nitrogens is 4. The molecule has 4 rings (SSSR count). The van der Waals surface area contributed by atoms with E-state index in [0.717, 1.165) is 11.5 Å². The zero-order chi connectivity index (χ0) is 24.4. The lowest BCUT2D eigenvalue weighted by molar-refractivity contribution is -0.150. The van der Waals surface area contributed by atoms with Crippen LogP contribution in [0.5, 0.6) is 0 Å². The number of β-lactam (4-membered cyclic amide) rings is 1. The Balaban J connectivity index is 1.48. The Morgan fingerprint density at radius 3 is 2.82 bits per heavy atom. The van der Waals surface area contributed by atoms with Gasteiger partial charge in [-0.15, -0.1) is 22.0 Å². The van der Waals surface area contributed by atoms with Crippen molar-refractivity contribution in [1.82, 2.24) is 29.8 Å². The Morgan fingerprint density at radius 2 is 2.21 bits per heavy atom. The lowest BCUT2D eigenvalue weighted by Gasteiger charge is -2.49. The molecule has 1 fully saturated rings. The van der Waals surface area contributed by atoms with Crippen LogP contribution in [-0.4, -0.2) is 88.2 Å². The molecule has 0 aliphatic carbocycles. The number of carboxylic acids is 1. The fourth-order valence-electron chi connectivity index (χ4n) is 3.12. The monoisotopic (exact) mass is 544 g/mol. The number of aliphatic carboxylic acids is 1. The molecule has 34 heavy (non-hydrogen) atoms. The number of nitrogen functional groups attached to an aromatic ring is 1. The van der Waals surface area contributed by atoms with Gasteiger partial charge >= 0.3 is 5.97 Å². The third kappa shape index (κ3) is 4.71. The minimum absolute atomic E-state index is 0.0479. The van der Waals surface area contributed by atoms with Crippen molar-refractivity contribution in [2.45, 2.75) is 22.4 Å². The number of fused-ring (bicyclic) bond motifs is 1.